The third kappa shape index (κ3) is 5.89. The molecular formula is C28H32ClF3N8O2. The van der Waals surface area contributed by atoms with Crippen molar-refractivity contribution in [3.63, 3.8) is 0 Å². The van der Waals surface area contributed by atoms with Crippen molar-refractivity contribution in [3.8, 4) is 34.6 Å². The molecule has 4 heterocycles. The maximum Gasteiger partial charge on any atom is 0.401 e. The fourth-order valence-electron chi connectivity index (χ4n) is 5.86. The van der Waals surface area contributed by atoms with Gasteiger partial charge in [0.05, 0.1) is 23.0 Å². The van der Waals surface area contributed by atoms with E-state index in [9.17, 15) is 23.5 Å². The Balaban J connectivity index is 1.51. The van der Waals surface area contributed by atoms with E-state index in [1.54, 1.807) is 37.0 Å². The minimum Gasteiger partial charge on any atom is -0.491 e. The number of benzene rings is 1. The standard InChI is InChI=1S/C28H32ClF3N8O2/c1-16-22(8-33)37-38(4)24(16)23-17(2)26(40-13-27(14-40)11-39(12-27)15-28(30,31)32)36-25(35-23)20-7-19(5-6-21(20)29)42-10-18(41)9-34-3/h5-7,18,34,41H,9-15H2,1-4H3/t18-/m1/s1. The van der Waals surface area contributed by atoms with Crippen molar-refractivity contribution in [3.05, 3.63) is 40.0 Å². The van der Waals surface area contributed by atoms with Crippen molar-refractivity contribution in [2.45, 2.75) is 26.1 Å². The molecule has 2 aliphatic heterocycles. The number of nitrogens with one attached hydrogen (secondary N) is 1. The number of hydrogen-bond donors (Lipinski definition) is 2. The molecule has 0 aliphatic carbocycles. The average molecular weight is 605 g/mol. The number of aliphatic hydroxyl groups is 1. The molecule has 2 aliphatic rings. The van der Waals surface area contributed by atoms with Crippen LogP contribution < -0.4 is 15.0 Å². The number of aliphatic hydroxyl groups excluding tert-OH is 1. The number of rotatable bonds is 9. The van der Waals surface area contributed by atoms with Crippen molar-refractivity contribution in [1.29, 1.82) is 5.26 Å². The van der Waals surface area contributed by atoms with Crippen LogP contribution in [0.1, 0.15) is 16.8 Å². The van der Waals surface area contributed by atoms with E-state index < -0.39 is 18.8 Å². The molecule has 14 heteroatoms. The second-order valence-corrected chi connectivity index (χ2v) is 11.6. The highest BCUT2D eigenvalue weighted by atomic mass is 35.5. The highest BCUT2D eigenvalue weighted by Crippen LogP contribution is 2.45. The van der Waals surface area contributed by atoms with Gasteiger partial charge in [0.1, 0.15) is 30.3 Å². The second kappa shape index (κ2) is 11.3. The van der Waals surface area contributed by atoms with Crippen LogP contribution >= 0.6 is 11.6 Å². The summed E-state index contributed by atoms with van der Waals surface area (Å²) < 4.78 is 46.0. The first-order chi connectivity index (χ1) is 19.8. The van der Waals surface area contributed by atoms with E-state index in [4.69, 9.17) is 26.3 Å². The largest absolute Gasteiger partial charge is 0.491 e. The first kappa shape index (κ1) is 30.0. The van der Waals surface area contributed by atoms with E-state index in [0.717, 1.165) is 5.56 Å². The smallest absolute Gasteiger partial charge is 0.401 e. The lowest BCUT2D eigenvalue weighted by Gasteiger charge is -2.61. The summed E-state index contributed by atoms with van der Waals surface area (Å²) in [5.74, 6) is 1.44. The lowest BCUT2D eigenvalue weighted by Crippen LogP contribution is -2.73. The van der Waals surface area contributed by atoms with E-state index in [-0.39, 0.29) is 17.7 Å². The fraction of sp³-hybridized carbons (Fsp3) is 0.500. The van der Waals surface area contributed by atoms with Crippen LogP contribution in [0.3, 0.4) is 0 Å². The number of likely N-dealkylation sites (N-methyl/N-ethyl adjacent to an activating group) is 1. The van der Waals surface area contributed by atoms with Gasteiger partial charge in [0.2, 0.25) is 0 Å². The lowest BCUT2D eigenvalue weighted by molar-refractivity contribution is -0.172. The van der Waals surface area contributed by atoms with E-state index in [0.29, 0.717) is 77.7 Å². The van der Waals surface area contributed by atoms with Crippen LogP contribution in [0.2, 0.25) is 5.02 Å². The Morgan fingerprint density at radius 2 is 1.90 bits per heavy atom. The summed E-state index contributed by atoms with van der Waals surface area (Å²) in [4.78, 5) is 13.3. The average Bonchev–Trinajstić information content (AvgIpc) is 3.17. The van der Waals surface area contributed by atoms with Gasteiger partial charge in [0.25, 0.3) is 0 Å². The van der Waals surface area contributed by atoms with E-state index in [1.165, 1.54) is 4.90 Å². The molecule has 3 aromatic rings. The topological polar surface area (TPSA) is 115 Å². The van der Waals surface area contributed by atoms with Crippen LogP contribution in [0.5, 0.6) is 5.75 Å². The molecule has 1 aromatic carbocycles. The number of nitrogens with zero attached hydrogens (tertiary/aromatic N) is 7. The van der Waals surface area contributed by atoms with Gasteiger partial charge in [-0.05, 0) is 39.1 Å². The molecule has 0 amide bonds. The zero-order chi connectivity index (χ0) is 30.4. The molecular weight excluding hydrogens is 573 g/mol. The van der Waals surface area contributed by atoms with E-state index in [1.807, 2.05) is 18.7 Å². The third-order valence-electron chi connectivity index (χ3n) is 7.67. The Morgan fingerprint density at radius 3 is 2.52 bits per heavy atom. The molecule has 5 rings (SSSR count). The Labute approximate surface area is 246 Å². The highest BCUT2D eigenvalue weighted by molar-refractivity contribution is 6.33. The van der Waals surface area contributed by atoms with Crippen LogP contribution in [0.25, 0.3) is 22.8 Å². The molecule has 2 fully saturated rings. The van der Waals surface area contributed by atoms with Crippen molar-refractivity contribution >= 4 is 17.4 Å². The number of aryl methyl sites for hydroxylation is 1. The van der Waals surface area contributed by atoms with Gasteiger partial charge in [0.15, 0.2) is 11.5 Å². The van der Waals surface area contributed by atoms with Crippen LogP contribution in [0.15, 0.2) is 18.2 Å². The van der Waals surface area contributed by atoms with Gasteiger partial charge in [-0.25, -0.2) is 9.97 Å². The number of nitriles is 1. The van der Waals surface area contributed by atoms with Crippen LogP contribution in [0.4, 0.5) is 19.0 Å². The van der Waals surface area contributed by atoms with Gasteiger partial charge < -0.3 is 20.1 Å². The van der Waals surface area contributed by atoms with Gasteiger partial charge in [-0.3, -0.25) is 9.58 Å². The highest BCUT2D eigenvalue weighted by Gasteiger charge is 2.54. The van der Waals surface area contributed by atoms with Crippen molar-refractivity contribution in [2.24, 2.45) is 12.5 Å². The minimum atomic E-state index is -4.22. The number of ether oxygens (including phenoxy) is 1. The summed E-state index contributed by atoms with van der Waals surface area (Å²) >= 11 is 6.63. The molecule has 0 unspecified atom stereocenters. The Bertz CT molecular complexity index is 1520. The van der Waals surface area contributed by atoms with Crippen molar-refractivity contribution in [2.75, 3.05) is 57.8 Å². The number of anilines is 1. The molecule has 0 saturated carbocycles. The summed E-state index contributed by atoms with van der Waals surface area (Å²) in [6.45, 7) is 5.11. The van der Waals surface area contributed by atoms with Gasteiger partial charge >= 0.3 is 6.18 Å². The predicted octanol–water partition coefficient (Wildman–Crippen LogP) is 3.33. The first-order valence-electron chi connectivity index (χ1n) is 13.4. The maximum absolute atomic E-state index is 12.9. The molecule has 2 aromatic heterocycles. The summed E-state index contributed by atoms with van der Waals surface area (Å²) in [5, 5.41) is 27.2. The third-order valence-corrected chi connectivity index (χ3v) is 8.00. The fourth-order valence-corrected chi connectivity index (χ4v) is 6.07. The number of halogens is 4. The summed E-state index contributed by atoms with van der Waals surface area (Å²) in [6.07, 6.45) is -4.92. The summed E-state index contributed by atoms with van der Waals surface area (Å²) in [7, 11) is 3.48. The summed E-state index contributed by atoms with van der Waals surface area (Å²) in [5.41, 5.74) is 3.24. The monoisotopic (exact) mass is 604 g/mol. The molecule has 2 saturated heterocycles. The number of aromatic nitrogens is 4. The van der Waals surface area contributed by atoms with Gasteiger partial charge in [0, 0.05) is 61.9 Å². The quantitative estimate of drug-likeness (QED) is 0.379. The van der Waals surface area contributed by atoms with E-state index in [2.05, 4.69) is 16.5 Å². The van der Waals surface area contributed by atoms with E-state index >= 15 is 0 Å². The number of likely N-dealkylation sites (tertiary alicyclic amines) is 1. The molecule has 1 spiro atoms. The Hall–Kier alpha value is -3.44. The molecule has 42 heavy (non-hydrogen) atoms. The first-order valence-corrected chi connectivity index (χ1v) is 13.8. The molecule has 1 atom stereocenters. The Morgan fingerprint density at radius 1 is 1.19 bits per heavy atom. The maximum atomic E-state index is 12.9. The minimum absolute atomic E-state index is 0.0690. The second-order valence-electron chi connectivity index (χ2n) is 11.2. The van der Waals surface area contributed by atoms with Crippen LogP contribution in [-0.2, 0) is 7.05 Å². The lowest BCUT2D eigenvalue weighted by atomic mass is 9.72. The van der Waals surface area contributed by atoms with Gasteiger partial charge in [-0.2, -0.15) is 23.5 Å². The normalized spacial score (nSPS) is 17.1. The predicted molar refractivity (Wildman–Crippen MR) is 151 cm³/mol. The molecule has 2 N–H and O–H groups in total. The SMILES string of the molecule is CNC[C@@H](O)COc1ccc(Cl)c(-c2nc(-c3c(C)c(C#N)nn3C)c(C)c(N3CC4(CN(CC(F)(F)F)C4)C3)n2)c1. The molecule has 0 radical (unpaired) electrons. The molecule has 0 bridgehead atoms. The van der Waals surface area contributed by atoms with Gasteiger partial charge in [-0.1, -0.05) is 11.6 Å². The zero-order valence-corrected chi connectivity index (χ0v) is 24.5. The molecule has 10 nitrogen and oxygen atoms in total. The van der Waals surface area contributed by atoms with Crippen LogP contribution in [0, 0.1) is 30.6 Å². The van der Waals surface area contributed by atoms with Crippen molar-refractivity contribution < 1.29 is 23.0 Å². The van der Waals surface area contributed by atoms with Crippen molar-refractivity contribution in [1.82, 2.24) is 30.0 Å². The van der Waals surface area contributed by atoms with Gasteiger partial charge in [-0.15, -0.1) is 0 Å². The van der Waals surface area contributed by atoms with Crippen LogP contribution in [-0.4, -0.2) is 95.0 Å². The zero-order valence-electron chi connectivity index (χ0n) is 23.8. The number of hydrogen-bond acceptors (Lipinski definition) is 9. The molecule has 224 valence electrons. The summed E-state index contributed by atoms with van der Waals surface area (Å²) in [6, 6.07) is 7.19. The number of alkyl halides is 3. The Kier molecular flexibility index (Phi) is 8.10.